The molecule has 1 amide bonds. The predicted molar refractivity (Wildman–Crippen MR) is 116 cm³/mol. The molecule has 3 aromatic rings. The first-order chi connectivity index (χ1) is 13.8. The number of aryl methyl sites for hydroxylation is 1. The lowest BCUT2D eigenvalue weighted by Gasteiger charge is -2.34. The zero-order chi connectivity index (χ0) is 20.6. The lowest BCUT2D eigenvalue weighted by molar-refractivity contribution is 0.0622. The van der Waals surface area contributed by atoms with E-state index in [0.717, 1.165) is 49.0 Å². The molecule has 29 heavy (non-hydrogen) atoms. The van der Waals surface area contributed by atoms with Gasteiger partial charge in [0.25, 0.3) is 5.91 Å². The van der Waals surface area contributed by atoms with Crippen molar-refractivity contribution < 1.29 is 4.79 Å². The second-order valence-corrected chi connectivity index (χ2v) is 10.1. The second kappa shape index (κ2) is 7.97. The molecule has 154 valence electrons. The highest BCUT2D eigenvalue weighted by atomic mass is 32.1. The summed E-state index contributed by atoms with van der Waals surface area (Å²) in [5.74, 6) is 0.0136. The molecule has 3 aromatic heterocycles. The number of piperazine rings is 1. The van der Waals surface area contributed by atoms with Crippen LogP contribution < -0.4 is 0 Å². The van der Waals surface area contributed by atoms with E-state index in [2.05, 4.69) is 41.1 Å². The van der Waals surface area contributed by atoms with E-state index in [4.69, 9.17) is 4.98 Å². The summed E-state index contributed by atoms with van der Waals surface area (Å²) in [6.45, 7) is 10.6. The van der Waals surface area contributed by atoms with Crippen LogP contribution in [0, 0.1) is 0 Å². The highest BCUT2D eigenvalue weighted by Crippen LogP contribution is 2.26. The molecule has 9 heteroatoms. The molecule has 7 nitrogen and oxygen atoms in total. The van der Waals surface area contributed by atoms with E-state index in [1.54, 1.807) is 22.2 Å². The van der Waals surface area contributed by atoms with Crippen molar-refractivity contribution >= 4 is 28.6 Å². The quantitative estimate of drug-likeness (QED) is 0.636. The second-order valence-electron chi connectivity index (χ2n) is 8.40. The van der Waals surface area contributed by atoms with E-state index in [-0.39, 0.29) is 11.3 Å². The molecule has 0 aromatic carbocycles. The van der Waals surface area contributed by atoms with Gasteiger partial charge < -0.3 is 4.90 Å². The third-order valence-corrected chi connectivity index (χ3v) is 7.12. The van der Waals surface area contributed by atoms with Crippen LogP contribution >= 0.6 is 22.7 Å². The molecule has 0 unspecified atom stereocenters. The minimum Gasteiger partial charge on any atom is -0.335 e. The van der Waals surface area contributed by atoms with Gasteiger partial charge in [-0.25, -0.2) is 9.97 Å². The Morgan fingerprint density at radius 2 is 1.86 bits per heavy atom. The third kappa shape index (κ3) is 4.57. The van der Waals surface area contributed by atoms with Crippen LogP contribution in [-0.4, -0.2) is 61.6 Å². The maximum atomic E-state index is 12.8. The van der Waals surface area contributed by atoms with Crippen LogP contribution in [0.1, 0.15) is 42.0 Å². The fourth-order valence-electron chi connectivity index (χ4n) is 3.26. The summed E-state index contributed by atoms with van der Waals surface area (Å²) < 4.78 is 1.74. The summed E-state index contributed by atoms with van der Waals surface area (Å²) in [6, 6.07) is 0. The van der Waals surface area contributed by atoms with Crippen LogP contribution in [0.3, 0.4) is 0 Å². The Bertz CT molecular complexity index is 991. The molecule has 0 N–H and O–H groups in total. The van der Waals surface area contributed by atoms with Crippen molar-refractivity contribution in [2.24, 2.45) is 7.05 Å². The maximum Gasteiger partial charge on any atom is 0.273 e. The summed E-state index contributed by atoms with van der Waals surface area (Å²) in [6.07, 6.45) is 3.69. The normalized spacial score (nSPS) is 15.8. The molecule has 4 heterocycles. The molecule has 0 atom stereocenters. The van der Waals surface area contributed by atoms with Gasteiger partial charge in [-0.15, -0.1) is 22.7 Å². The summed E-state index contributed by atoms with van der Waals surface area (Å²) in [4.78, 5) is 26.4. The van der Waals surface area contributed by atoms with Crippen molar-refractivity contribution in [3.05, 3.63) is 39.5 Å². The largest absolute Gasteiger partial charge is 0.335 e. The van der Waals surface area contributed by atoms with Gasteiger partial charge in [0, 0.05) is 67.7 Å². The Labute approximate surface area is 179 Å². The number of rotatable bonds is 4. The van der Waals surface area contributed by atoms with E-state index in [9.17, 15) is 4.79 Å². The molecule has 1 fully saturated rings. The first kappa shape index (κ1) is 20.2. The van der Waals surface area contributed by atoms with Crippen LogP contribution in [0.4, 0.5) is 0 Å². The third-order valence-electron chi connectivity index (χ3n) is 4.91. The summed E-state index contributed by atoms with van der Waals surface area (Å²) in [5.41, 5.74) is 2.69. The minimum atomic E-state index is 0.0136. The molecular weight excluding hydrogens is 404 g/mol. The Kier molecular flexibility index (Phi) is 5.54. The van der Waals surface area contributed by atoms with Crippen molar-refractivity contribution in [3.8, 4) is 10.6 Å². The molecule has 0 bridgehead atoms. The van der Waals surface area contributed by atoms with Gasteiger partial charge in [0.15, 0.2) is 0 Å². The van der Waals surface area contributed by atoms with Crippen molar-refractivity contribution in [3.63, 3.8) is 0 Å². The summed E-state index contributed by atoms with van der Waals surface area (Å²) in [5, 5.41) is 10.2. The minimum absolute atomic E-state index is 0.0136. The molecule has 0 saturated carbocycles. The number of thiazole rings is 2. The lowest BCUT2D eigenvalue weighted by atomic mass is 9.98. The van der Waals surface area contributed by atoms with Crippen LogP contribution in [-0.2, 0) is 19.0 Å². The molecular formula is C20H26N6OS2. The zero-order valence-electron chi connectivity index (χ0n) is 17.3. The number of aromatic nitrogens is 4. The Morgan fingerprint density at radius 3 is 2.48 bits per heavy atom. The average molecular weight is 431 g/mol. The van der Waals surface area contributed by atoms with E-state index in [1.165, 1.54) is 16.3 Å². The molecule has 0 aliphatic carbocycles. The summed E-state index contributed by atoms with van der Waals surface area (Å²) >= 11 is 3.22. The average Bonchev–Trinajstić information content (AvgIpc) is 3.41. The number of hydrogen-bond donors (Lipinski definition) is 0. The van der Waals surface area contributed by atoms with Gasteiger partial charge in [0.05, 0.1) is 16.9 Å². The van der Waals surface area contributed by atoms with Gasteiger partial charge >= 0.3 is 0 Å². The highest BCUT2D eigenvalue weighted by Gasteiger charge is 2.25. The van der Waals surface area contributed by atoms with Gasteiger partial charge in [0.1, 0.15) is 10.7 Å². The lowest BCUT2D eigenvalue weighted by Crippen LogP contribution is -2.48. The molecule has 1 saturated heterocycles. The Hall–Kier alpha value is -2.10. The fourth-order valence-corrected chi connectivity index (χ4v) is 4.93. The molecule has 4 rings (SSSR count). The number of amides is 1. The first-order valence-electron chi connectivity index (χ1n) is 9.70. The van der Waals surface area contributed by atoms with Crippen molar-refractivity contribution in [1.82, 2.24) is 29.5 Å². The number of nitrogens with zero attached hydrogens (tertiary/aromatic N) is 6. The fraction of sp³-hybridized carbons (Fsp3) is 0.500. The van der Waals surface area contributed by atoms with Gasteiger partial charge in [0.2, 0.25) is 0 Å². The van der Waals surface area contributed by atoms with Gasteiger partial charge in [-0.05, 0) is 0 Å². The van der Waals surface area contributed by atoms with Crippen LogP contribution in [0.2, 0.25) is 0 Å². The smallest absolute Gasteiger partial charge is 0.273 e. The zero-order valence-corrected chi connectivity index (χ0v) is 18.9. The van der Waals surface area contributed by atoms with Gasteiger partial charge in [-0.3, -0.25) is 14.4 Å². The van der Waals surface area contributed by atoms with Crippen molar-refractivity contribution in [2.75, 3.05) is 26.2 Å². The van der Waals surface area contributed by atoms with Crippen LogP contribution in [0.15, 0.2) is 23.2 Å². The van der Waals surface area contributed by atoms with E-state index in [1.807, 2.05) is 23.5 Å². The van der Waals surface area contributed by atoms with E-state index < -0.39 is 0 Å². The SMILES string of the molecule is Cn1cc(-c2nc(C(=O)N3CCN(Cc4csc(C(C)(C)C)n4)CC3)cs2)cn1. The predicted octanol–water partition coefficient (Wildman–Crippen LogP) is 3.26. The van der Waals surface area contributed by atoms with E-state index >= 15 is 0 Å². The monoisotopic (exact) mass is 430 g/mol. The Morgan fingerprint density at radius 1 is 1.10 bits per heavy atom. The first-order valence-corrected chi connectivity index (χ1v) is 11.5. The number of carbonyl (C=O) groups excluding carboxylic acids is 1. The van der Waals surface area contributed by atoms with E-state index in [0.29, 0.717) is 5.69 Å². The molecule has 1 aliphatic rings. The number of carbonyl (C=O) groups is 1. The van der Waals surface area contributed by atoms with Gasteiger partial charge in [-0.2, -0.15) is 5.10 Å². The molecule has 0 radical (unpaired) electrons. The standard InChI is InChI=1S/C20H26N6OS2/c1-20(2,3)19-22-15(12-29-19)11-25-5-7-26(8-6-25)18(27)16-13-28-17(23-16)14-9-21-24(4)10-14/h9-10,12-13H,5-8,11H2,1-4H3. The van der Waals surface area contributed by atoms with Gasteiger partial charge in [-0.1, -0.05) is 20.8 Å². The van der Waals surface area contributed by atoms with Crippen molar-refractivity contribution in [2.45, 2.75) is 32.7 Å². The molecule has 0 spiro atoms. The molecule has 1 aliphatic heterocycles. The van der Waals surface area contributed by atoms with Crippen molar-refractivity contribution in [1.29, 1.82) is 0 Å². The maximum absolute atomic E-state index is 12.8. The topological polar surface area (TPSA) is 67.2 Å². The summed E-state index contributed by atoms with van der Waals surface area (Å²) in [7, 11) is 1.87. The Balaban J connectivity index is 1.33. The van der Waals surface area contributed by atoms with Crippen LogP contribution in [0.5, 0.6) is 0 Å². The number of hydrogen-bond acceptors (Lipinski definition) is 7. The van der Waals surface area contributed by atoms with Crippen LogP contribution in [0.25, 0.3) is 10.6 Å². The highest BCUT2D eigenvalue weighted by molar-refractivity contribution is 7.13.